The van der Waals surface area contributed by atoms with Crippen molar-refractivity contribution in [2.75, 3.05) is 10.6 Å². The van der Waals surface area contributed by atoms with Crippen molar-refractivity contribution in [3.8, 4) is 5.75 Å². The molecule has 7 nitrogen and oxygen atoms in total. The Hall–Kier alpha value is -4.14. The molecule has 0 heterocycles. The molecule has 0 atom stereocenters. The van der Waals surface area contributed by atoms with Crippen LogP contribution in [0, 0.1) is 6.92 Å². The average molecular weight is 562 g/mol. The highest BCUT2D eigenvalue weighted by atomic mass is 35.5. The molecular formula is C30H28ClN3O4S. The molecule has 0 unspecified atom stereocenters. The Morgan fingerprint density at radius 3 is 2.13 bits per heavy atom. The van der Waals surface area contributed by atoms with Crippen molar-refractivity contribution in [3.63, 3.8) is 0 Å². The number of ether oxygens (including phenoxy) is 1. The van der Waals surface area contributed by atoms with Crippen molar-refractivity contribution >= 4 is 39.4 Å². The van der Waals surface area contributed by atoms with Gasteiger partial charge in [-0.1, -0.05) is 53.6 Å². The normalized spacial score (nSPS) is 11.4. The molecule has 4 rings (SSSR count). The Balaban J connectivity index is 1.32. The monoisotopic (exact) mass is 561 g/mol. The summed E-state index contributed by atoms with van der Waals surface area (Å²) in [6.07, 6.45) is 2.68. The molecular weight excluding hydrogens is 534 g/mol. The van der Waals surface area contributed by atoms with Crippen molar-refractivity contribution in [2.24, 2.45) is 5.10 Å². The fourth-order valence-electron chi connectivity index (χ4n) is 3.67. The number of rotatable bonds is 10. The summed E-state index contributed by atoms with van der Waals surface area (Å²) < 4.78 is 31.9. The summed E-state index contributed by atoms with van der Waals surface area (Å²) in [6.45, 7) is 2.66. The van der Waals surface area contributed by atoms with Gasteiger partial charge in [-0.05, 0) is 84.3 Å². The van der Waals surface area contributed by atoms with Gasteiger partial charge in [-0.2, -0.15) is 5.10 Å². The van der Waals surface area contributed by atoms with E-state index in [0.29, 0.717) is 22.9 Å². The van der Waals surface area contributed by atoms with Gasteiger partial charge in [-0.3, -0.25) is 9.10 Å². The van der Waals surface area contributed by atoms with E-state index in [-0.39, 0.29) is 6.54 Å². The number of nitrogens with one attached hydrogen (secondary N) is 1. The van der Waals surface area contributed by atoms with E-state index in [4.69, 9.17) is 16.3 Å². The fraction of sp³-hybridized carbons (Fsp3) is 0.133. The summed E-state index contributed by atoms with van der Waals surface area (Å²) in [7, 11) is -3.56. The van der Waals surface area contributed by atoms with E-state index < -0.39 is 15.9 Å². The van der Waals surface area contributed by atoms with Crippen molar-refractivity contribution in [2.45, 2.75) is 20.1 Å². The smallest absolute Gasteiger partial charge is 0.271 e. The molecule has 4 aromatic carbocycles. The summed E-state index contributed by atoms with van der Waals surface area (Å²) >= 11 is 5.93. The second kappa shape index (κ2) is 12.6. The average Bonchev–Trinajstić information content (AvgIpc) is 2.92. The van der Waals surface area contributed by atoms with Gasteiger partial charge in [-0.15, -0.1) is 0 Å². The first-order chi connectivity index (χ1) is 18.7. The molecule has 200 valence electrons. The standard InChI is InChI=1S/C30H28ClN3O4S/c1-22-3-5-25(6-4-22)21-38-29-17-9-23(10-18-29)19-32-33-30(35)26-11-15-28(16-12-26)34(39(2,36)37)20-24-7-13-27(31)14-8-24/h3-19H,20-21H2,1-2H3,(H,33,35)/b32-19-. The van der Waals surface area contributed by atoms with Crippen molar-refractivity contribution in [3.05, 3.63) is 130 Å². The van der Waals surface area contributed by atoms with Gasteiger partial charge >= 0.3 is 0 Å². The van der Waals surface area contributed by atoms with Crippen molar-refractivity contribution < 1.29 is 17.9 Å². The van der Waals surface area contributed by atoms with Crippen molar-refractivity contribution in [1.29, 1.82) is 0 Å². The Labute approximate surface area is 233 Å². The van der Waals surface area contributed by atoms with Gasteiger partial charge in [0.1, 0.15) is 12.4 Å². The molecule has 1 N–H and O–H groups in total. The molecule has 0 saturated heterocycles. The zero-order valence-electron chi connectivity index (χ0n) is 21.5. The van der Waals surface area contributed by atoms with Crippen LogP contribution in [-0.4, -0.2) is 26.8 Å². The number of amides is 1. The van der Waals surface area contributed by atoms with Crippen LogP contribution < -0.4 is 14.5 Å². The summed E-state index contributed by atoms with van der Waals surface area (Å²) in [5, 5.41) is 4.60. The van der Waals surface area contributed by atoms with E-state index in [1.165, 1.54) is 16.1 Å². The highest BCUT2D eigenvalue weighted by molar-refractivity contribution is 7.92. The first kappa shape index (κ1) is 27.9. The molecule has 0 aliphatic carbocycles. The Morgan fingerprint density at radius 1 is 0.897 bits per heavy atom. The van der Waals surface area contributed by atoms with Gasteiger partial charge in [-0.25, -0.2) is 13.8 Å². The van der Waals surface area contributed by atoms with Crippen molar-refractivity contribution in [1.82, 2.24) is 5.43 Å². The zero-order chi connectivity index (χ0) is 27.8. The van der Waals surface area contributed by atoms with Gasteiger partial charge in [0.05, 0.1) is 24.7 Å². The molecule has 4 aromatic rings. The minimum Gasteiger partial charge on any atom is -0.489 e. The number of halogens is 1. The topological polar surface area (TPSA) is 88.1 Å². The highest BCUT2D eigenvalue weighted by Crippen LogP contribution is 2.22. The molecule has 0 aromatic heterocycles. The number of hydrogen-bond donors (Lipinski definition) is 1. The fourth-order valence-corrected chi connectivity index (χ4v) is 4.68. The second-order valence-electron chi connectivity index (χ2n) is 8.99. The maximum absolute atomic E-state index is 12.5. The Morgan fingerprint density at radius 2 is 1.51 bits per heavy atom. The van der Waals surface area contributed by atoms with Crippen LogP contribution in [0.4, 0.5) is 5.69 Å². The van der Waals surface area contributed by atoms with Gasteiger partial charge in [0.15, 0.2) is 0 Å². The lowest BCUT2D eigenvalue weighted by atomic mass is 10.2. The van der Waals surface area contributed by atoms with Gasteiger partial charge in [0.2, 0.25) is 10.0 Å². The SMILES string of the molecule is Cc1ccc(COc2ccc(/C=N\NC(=O)c3ccc(N(Cc4ccc(Cl)cc4)S(C)(=O)=O)cc3)cc2)cc1. The van der Waals surface area contributed by atoms with E-state index in [1.54, 1.807) is 48.5 Å². The van der Waals surface area contributed by atoms with Crippen LogP contribution in [0.5, 0.6) is 5.75 Å². The number of sulfonamides is 1. The molecule has 0 aliphatic heterocycles. The van der Waals surface area contributed by atoms with Gasteiger partial charge in [0.25, 0.3) is 5.91 Å². The largest absolute Gasteiger partial charge is 0.489 e. The molecule has 39 heavy (non-hydrogen) atoms. The van der Waals surface area contributed by atoms with Crippen LogP contribution in [-0.2, 0) is 23.2 Å². The first-order valence-corrected chi connectivity index (χ1v) is 14.3. The summed E-state index contributed by atoms with van der Waals surface area (Å²) in [6, 6.07) is 28.8. The number of aryl methyl sites for hydroxylation is 1. The molecule has 0 aliphatic rings. The predicted molar refractivity (Wildman–Crippen MR) is 156 cm³/mol. The number of benzene rings is 4. The van der Waals surface area contributed by atoms with E-state index in [0.717, 1.165) is 28.7 Å². The van der Waals surface area contributed by atoms with Crippen LogP contribution >= 0.6 is 11.6 Å². The minimum absolute atomic E-state index is 0.140. The maximum atomic E-state index is 12.5. The molecule has 0 spiro atoms. The van der Waals surface area contributed by atoms with E-state index in [1.807, 2.05) is 55.5 Å². The summed E-state index contributed by atoms with van der Waals surface area (Å²) in [4.78, 5) is 12.5. The number of hydrogen-bond acceptors (Lipinski definition) is 5. The lowest BCUT2D eigenvalue weighted by Crippen LogP contribution is -2.29. The molecule has 0 bridgehead atoms. The van der Waals surface area contributed by atoms with E-state index in [9.17, 15) is 13.2 Å². The van der Waals surface area contributed by atoms with E-state index in [2.05, 4.69) is 10.5 Å². The second-order valence-corrected chi connectivity index (χ2v) is 11.3. The third-order valence-corrected chi connectivity index (χ3v) is 7.24. The molecule has 0 radical (unpaired) electrons. The minimum atomic E-state index is -3.56. The highest BCUT2D eigenvalue weighted by Gasteiger charge is 2.18. The summed E-state index contributed by atoms with van der Waals surface area (Å²) in [5.74, 6) is 0.315. The van der Waals surface area contributed by atoms with Crippen LogP contribution in [0.3, 0.4) is 0 Å². The van der Waals surface area contributed by atoms with Crippen LogP contribution in [0.1, 0.15) is 32.6 Å². The molecule has 0 saturated carbocycles. The molecule has 0 fully saturated rings. The third kappa shape index (κ3) is 8.17. The maximum Gasteiger partial charge on any atom is 0.271 e. The Bertz CT molecular complexity index is 1540. The Kier molecular flexibility index (Phi) is 9.01. The quantitative estimate of drug-likeness (QED) is 0.191. The lowest BCUT2D eigenvalue weighted by Gasteiger charge is -2.22. The van der Waals surface area contributed by atoms with E-state index >= 15 is 0 Å². The van der Waals surface area contributed by atoms with Crippen LogP contribution in [0.25, 0.3) is 0 Å². The van der Waals surface area contributed by atoms with Gasteiger partial charge < -0.3 is 4.74 Å². The molecule has 9 heteroatoms. The number of anilines is 1. The lowest BCUT2D eigenvalue weighted by molar-refractivity contribution is 0.0955. The van der Waals surface area contributed by atoms with Crippen LogP contribution in [0.15, 0.2) is 102 Å². The van der Waals surface area contributed by atoms with Gasteiger partial charge in [0, 0.05) is 10.6 Å². The summed E-state index contributed by atoms with van der Waals surface area (Å²) in [5.41, 5.74) is 7.15. The predicted octanol–water partition coefficient (Wildman–Crippen LogP) is 5.96. The van der Waals surface area contributed by atoms with Crippen LogP contribution in [0.2, 0.25) is 5.02 Å². The number of nitrogens with zero attached hydrogens (tertiary/aromatic N) is 2. The third-order valence-electron chi connectivity index (χ3n) is 5.84. The number of hydrazone groups is 1. The number of carbonyl (C=O) groups is 1. The number of carbonyl (C=O) groups excluding carboxylic acids is 1. The zero-order valence-corrected chi connectivity index (χ0v) is 23.1. The first-order valence-electron chi connectivity index (χ1n) is 12.1. The molecule has 1 amide bonds.